The van der Waals surface area contributed by atoms with Crippen LogP contribution in [0.4, 0.5) is 11.6 Å². The van der Waals surface area contributed by atoms with E-state index in [4.69, 9.17) is 28.4 Å². The van der Waals surface area contributed by atoms with Crippen molar-refractivity contribution in [3.63, 3.8) is 0 Å². The van der Waals surface area contributed by atoms with E-state index < -0.39 is 55.2 Å². The summed E-state index contributed by atoms with van der Waals surface area (Å²) in [6.45, 7) is 1.15. The Kier molecular flexibility index (Phi) is 21.6. The van der Waals surface area contributed by atoms with E-state index in [9.17, 15) is 29.4 Å². The first kappa shape index (κ1) is 45.4. The molecule has 2 atom stereocenters. The highest BCUT2D eigenvalue weighted by molar-refractivity contribution is 6.04. The summed E-state index contributed by atoms with van der Waals surface area (Å²) in [5.74, 6) is -4.64. The molecule has 0 saturated heterocycles. The van der Waals surface area contributed by atoms with Crippen LogP contribution >= 0.6 is 0 Å². The number of amides is 1. The number of ether oxygens (including phenoxy) is 6. The smallest absolute Gasteiger partial charge is 0.331 e. The Bertz CT molecular complexity index is 1500. The van der Waals surface area contributed by atoms with Gasteiger partial charge in [0.1, 0.15) is 13.2 Å². The number of carbonyl (C=O) groups excluding carboxylic acids is 4. The Labute approximate surface area is 326 Å². The number of aliphatic hydroxyl groups excluding tert-OH is 2. The third kappa shape index (κ3) is 16.4. The van der Waals surface area contributed by atoms with Crippen LogP contribution in [0.25, 0.3) is 0 Å². The van der Waals surface area contributed by atoms with E-state index in [-0.39, 0.29) is 49.3 Å². The number of benzene rings is 2. The van der Waals surface area contributed by atoms with Gasteiger partial charge in [-0.3, -0.25) is 14.4 Å². The van der Waals surface area contributed by atoms with Gasteiger partial charge < -0.3 is 54.6 Å². The first-order chi connectivity index (χ1) is 27.3. The second-order valence-corrected chi connectivity index (χ2v) is 12.3. The van der Waals surface area contributed by atoms with E-state index in [1.165, 1.54) is 0 Å². The van der Waals surface area contributed by atoms with Gasteiger partial charge in [0.25, 0.3) is 5.91 Å². The maximum atomic E-state index is 13.9. The van der Waals surface area contributed by atoms with Crippen LogP contribution in [-0.2, 0) is 51.2 Å². The highest BCUT2D eigenvalue weighted by Gasteiger charge is 2.30. The highest BCUT2D eigenvalue weighted by atomic mass is 16.5. The molecule has 56 heavy (non-hydrogen) atoms. The van der Waals surface area contributed by atoms with Crippen molar-refractivity contribution in [2.24, 2.45) is 5.92 Å². The zero-order valence-corrected chi connectivity index (χ0v) is 31.9. The molecule has 0 aliphatic carbocycles. The van der Waals surface area contributed by atoms with E-state index >= 15 is 0 Å². The molecule has 3 rings (SSSR count). The summed E-state index contributed by atoms with van der Waals surface area (Å²) in [7, 11) is 3.12. The summed E-state index contributed by atoms with van der Waals surface area (Å²) in [6.07, 6.45) is 0.448. The van der Waals surface area contributed by atoms with Crippen LogP contribution in [-0.4, -0.2) is 130 Å². The summed E-state index contributed by atoms with van der Waals surface area (Å²) in [5, 5.41) is 28.7. The Balaban J connectivity index is 1.88. The molecule has 1 heterocycles. The largest absolute Gasteiger partial charge is 0.461 e. The summed E-state index contributed by atoms with van der Waals surface area (Å²) in [4.78, 5) is 62.5. The van der Waals surface area contributed by atoms with Gasteiger partial charge >= 0.3 is 11.9 Å². The summed E-state index contributed by atoms with van der Waals surface area (Å²) in [6, 6.07) is 16.4. The van der Waals surface area contributed by atoms with Crippen molar-refractivity contribution in [3.8, 4) is 0 Å². The van der Waals surface area contributed by atoms with Crippen LogP contribution in [0.2, 0.25) is 0 Å². The monoisotopic (exact) mass is 783 g/mol. The van der Waals surface area contributed by atoms with Crippen LogP contribution in [0.3, 0.4) is 0 Å². The fourth-order valence-corrected chi connectivity index (χ4v) is 4.91. The van der Waals surface area contributed by atoms with E-state index in [1.54, 1.807) is 62.8 Å². The van der Waals surface area contributed by atoms with E-state index in [0.717, 1.165) is 5.56 Å². The van der Waals surface area contributed by atoms with Crippen molar-refractivity contribution in [2.45, 2.75) is 38.5 Å². The molecule has 0 spiro atoms. The summed E-state index contributed by atoms with van der Waals surface area (Å²) >= 11 is 0. The minimum Gasteiger partial charge on any atom is -0.461 e. The third-order valence-corrected chi connectivity index (χ3v) is 7.96. The number of aromatic nitrogens is 2. The molecule has 0 fully saturated rings. The van der Waals surface area contributed by atoms with Gasteiger partial charge in [-0.05, 0) is 24.0 Å². The van der Waals surface area contributed by atoms with Crippen molar-refractivity contribution in [1.82, 2.24) is 15.3 Å². The number of carbonyl (C=O) groups is 4. The molecule has 2 unspecified atom stereocenters. The molecule has 1 aromatic heterocycles. The lowest BCUT2D eigenvalue weighted by molar-refractivity contribution is -0.151. The van der Waals surface area contributed by atoms with Crippen LogP contribution in [0.1, 0.15) is 51.4 Å². The van der Waals surface area contributed by atoms with Crippen molar-refractivity contribution in [2.75, 3.05) is 90.8 Å². The molecule has 0 saturated carbocycles. The van der Waals surface area contributed by atoms with Crippen LogP contribution < -0.4 is 16.0 Å². The first-order valence-corrected chi connectivity index (χ1v) is 18.3. The first-order valence-electron chi connectivity index (χ1n) is 18.3. The molecule has 306 valence electrons. The number of nitrogens with zero attached hydrogens (tertiary/aromatic N) is 2. The van der Waals surface area contributed by atoms with Gasteiger partial charge in [0, 0.05) is 46.9 Å². The minimum atomic E-state index is -1.45. The SMILES string of the molecule is COCCOCCCNc1nc(C(=O)NC(CO)C(=O)OCc2ccccc2)c(NCCCOCCOC)nc1C(=O)CC(CO)C(=O)OCc1ccccc1. The standard InChI is InChI=1S/C39H53N5O12/c1-51-19-21-53-17-9-15-40-35-33(32(47)23-30(24-45)38(49)55-26-28-11-5-3-6-12-28)43-36(41-16-10-18-54-22-20-52-2)34(44-35)37(48)42-31(25-46)39(50)56-27-29-13-7-4-8-14-29/h3-8,11-14,30-31,45-46H,9-10,15-27H2,1-2H3,(H,40,44)(H,41,43)(H,42,48). The fraction of sp³-hybridized carbons (Fsp3) is 0.487. The average molecular weight is 784 g/mol. The van der Waals surface area contributed by atoms with Crippen molar-refractivity contribution < 1.29 is 57.8 Å². The summed E-state index contributed by atoms with van der Waals surface area (Å²) in [5.41, 5.74) is 0.932. The quantitative estimate of drug-likeness (QED) is 0.0386. The second-order valence-electron chi connectivity index (χ2n) is 12.3. The van der Waals surface area contributed by atoms with E-state index in [0.29, 0.717) is 58.0 Å². The number of aliphatic hydroxyl groups is 2. The van der Waals surface area contributed by atoms with Gasteiger partial charge in [-0.25, -0.2) is 14.8 Å². The molecule has 5 N–H and O–H groups in total. The molecular weight excluding hydrogens is 730 g/mol. The Morgan fingerprint density at radius 2 is 1.14 bits per heavy atom. The number of ketones is 1. The predicted octanol–water partition coefficient (Wildman–Crippen LogP) is 2.17. The topological polar surface area (TPSA) is 226 Å². The number of rotatable bonds is 29. The van der Waals surface area contributed by atoms with Crippen molar-refractivity contribution >= 4 is 35.3 Å². The lowest BCUT2D eigenvalue weighted by Gasteiger charge is -2.19. The number of nitrogens with one attached hydrogen (secondary N) is 3. The average Bonchev–Trinajstić information content (AvgIpc) is 3.22. The van der Waals surface area contributed by atoms with Crippen LogP contribution in [0.5, 0.6) is 0 Å². The van der Waals surface area contributed by atoms with Gasteiger partial charge in [0.15, 0.2) is 34.8 Å². The fourth-order valence-electron chi connectivity index (χ4n) is 4.91. The zero-order valence-electron chi connectivity index (χ0n) is 31.9. The molecule has 17 heteroatoms. The van der Waals surface area contributed by atoms with Gasteiger partial charge in [-0.1, -0.05) is 60.7 Å². The number of esters is 2. The van der Waals surface area contributed by atoms with Gasteiger partial charge in [0.05, 0.1) is 45.6 Å². The maximum absolute atomic E-state index is 13.9. The number of anilines is 2. The molecule has 2 aromatic carbocycles. The molecule has 0 aliphatic rings. The minimum absolute atomic E-state index is 0.0505. The lowest BCUT2D eigenvalue weighted by Crippen LogP contribution is -2.45. The number of hydrogen-bond acceptors (Lipinski definition) is 16. The molecular formula is C39H53N5O12. The molecule has 0 aliphatic heterocycles. The van der Waals surface area contributed by atoms with Crippen LogP contribution in [0.15, 0.2) is 60.7 Å². The molecule has 3 aromatic rings. The molecule has 0 radical (unpaired) electrons. The predicted molar refractivity (Wildman–Crippen MR) is 204 cm³/mol. The Morgan fingerprint density at radius 1 is 0.643 bits per heavy atom. The second kappa shape index (κ2) is 26.7. The van der Waals surface area contributed by atoms with Gasteiger partial charge in [0.2, 0.25) is 0 Å². The lowest BCUT2D eigenvalue weighted by atomic mass is 10.0. The van der Waals surface area contributed by atoms with E-state index in [2.05, 4.69) is 25.9 Å². The zero-order chi connectivity index (χ0) is 40.4. The molecule has 17 nitrogen and oxygen atoms in total. The number of Topliss-reactive ketones (excluding diaryl/α,β-unsaturated/α-hetero) is 1. The third-order valence-electron chi connectivity index (χ3n) is 7.96. The summed E-state index contributed by atoms with van der Waals surface area (Å²) < 4.78 is 31.8. The van der Waals surface area contributed by atoms with Gasteiger partial charge in [-0.2, -0.15) is 0 Å². The van der Waals surface area contributed by atoms with Gasteiger partial charge in [-0.15, -0.1) is 0 Å². The maximum Gasteiger partial charge on any atom is 0.331 e. The Morgan fingerprint density at radius 3 is 1.64 bits per heavy atom. The number of hydrogen-bond donors (Lipinski definition) is 5. The highest BCUT2D eigenvalue weighted by Crippen LogP contribution is 2.23. The molecule has 1 amide bonds. The van der Waals surface area contributed by atoms with Crippen LogP contribution in [0, 0.1) is 5.92 Å². The van der Waals surface area contributed by atoms with Crippen molar-refractivity contribution in [3.05, 3.63) is 83.2 Å². The van der Waals surface area contributed by atoms with Crippen molar-refractivity contribution in [1.29, 1.82) is 0 Å². The Hall–Kier alpha value is -5.04. The molecule has 0 bridgehead atoms. The number of methoxy groups -OCH3 is 2. The normalized spacial score (nSPS) is 12.0. The van der Waals surface area contributed by atoms with E-state index in [1.807, 2.05) is 12.1 Å².